The van der Waals surface area contributed by atoms with Crippen LogP contribution in [0.25, 0.3) is 0 Å². The molecule has 8 heteroatoms. The van der Waals surface area contributed by atoms with Gasteiger partial charge >= 0.3 is 0 Å². The second kappa shape index (κ2) is 7.38. The largest absolute Gasteiger partial charge is 0.479 e. The number of rotatable bonds is 5. The third-order valence-electron chi connectivity index (χ3n) is 2.74. The zero-order valence-corrected chi connectivity index (χ0v) is 13.3. The SMILES string of the molecule is C=CCC1N=NC(NC(=O)C(C)Oc2ccc(Cl)cc2Cl)=N1. The van der Waals surface area contributed by atoms with Gasteiger partial charge in [-0.2, -0.15) is 5.11 Å². The molecule has 0 saturated heterocycles. The Hall–Kier alpha value is -1.92. The summed E-state index contributed by atoms with van der Waals surface area (Å²) >= 11 is 11.8. The molecule has 2 rings (SSSR count). The summed E-state index contributed by atoms with van der Waals surface area (Å²) in [6, 6.07) is 4.77. The second-order valence-electron chi connectivity index (χ2n) is 4.50. The van der Waals surface area contributed by atoms with E-state index in [1.165, 1.54) is 6.07 Å². The van der Waals surface area contributed by atoms with Crippen LogP contribution in [0.4, 0.5) is 0 Å². The molecule has 1 aromatic rings. The van der Waals surface area contributed by atoms with Gasteiger partial charge in [0.05, 0.1) is 5.02 Å². The number of ether oxygens (including phenoxy) is 1. The topological polar surface area (TPSA) is 75.4 Å². The Bertz CT molecular complexity index is 646. The van der Waals surface area contributed by atoms with Gasteiger partial charge in [-0.3, -0.25) is 10.1 Å². The molecule has 2 unspecified atom stereocenters. The lowest BCUT2D eigenvalue weighted by Crippen LogP contribution is -2.39. The van der Waals surface area contributed by atoms with Gasteiger partial charge in [-0.25, -0.2) is 4.99 Å². The van der Waals surface area contributed by atoms with Gasteiger partial charge in [0.25, 0.3) is 5.91 Å². The van der Waals surface area contributed by atoms with E-state index in [1.807, 2.05) is 0 Å². The maximum Gasteiger partial charge on any atom is 0.267 e. The number of hydrogen-bond acceptors (Lipinski definition) is 5. The molecule has 0 bridgehead atoms. The number of nitrogens with zero attached hydrogens (tertiary/aromatic N) is 3. The Morgan fingerprint density at radius 3 is 3.00 bits per heavy atom. The number of carbonyl (C=O) groups excluding carboxylic acids is 1. The standard InChI is InChI=1S/C14H14Cl2N4O2/c1-3-4-12-17-14(20-19-12)18-13(21)8(2)22-11-6-5-9(15)7-10(11)16/h3,5-8,12H,1,4H2,2H3,(H,17,18,21). The quantitative estimate of drug-likeness (QED) is 0.831. The molecule has 0 aromatic heterocycles. The zero-order chi connectivity index (χ0) is 16.1. The van der Waals surface area contributed by atoms with E-state index < -0.39 is 12.0 Å². The number of carbonyl (C=O) groups is 1. The molecular formula is C14H14Cl2N4O2. The molecule has 1 aromatic carbocycles. The van der Waals surface area contributed by atoms with Crippen LogP contribution in [-0.4, -0.2) is 24.1 Å². The summed E-state index contributed by atoms with van der Waals surface area (Å²) < 4.78 is 5.50. The van der Waals surface area contributed by atoms with Gasteiger partial charge in [-0.05, 0) is 25.1 Å². The number of amides is 1. The highest BCUT2D eigenvalue weighted by atomic mass is 35.5. The molecule has 6 nitrogen and oxygen atoms in total. The van der Waals surface area contributed by atoms with Crippen LogP contribution in [0.3, 0.4) is 0 Å². The van der Waals surface area contributed by atoms with Gasteiger partial charge in [0.2, 0.25) is 5.96 Å². The molecule has 0 spiro atoms. The van der Waals surface area contributed by atoms with Crippen molar-refractivity contribution in [1.29, 1.82) is 0 Å². The molecule has 22 heavy (non-hydrogen) atoms. The Morgan fingerprint density at radius 1 is 1.55 bits per heavy atom. The predicted molar refractivity (Wildman–Crippen MR) is 85.6 cm³/mol. The van der Waals surface area contributed by atoms with Crippen molar-refractivity contribution in [3.8, 4) is 5.75 Å². The van der Waals surface area contributed by atoms with Crippen molar-refractivity contribution < 1.29 is 9.53 Å². The van der Waals surface area contributed by atoms with Crippen molar-refractivity contribution in [3.05, 3.63) is 40.9 Å². The molecule has 0 fully saturated rings. The van der Waals surface area contributed by atoms with Crippen molar-refractivity contribution in [2.75, 3.05) is 0 Å². The van der Waals surface area contributed by atoms with Gasteiger partial charge in [0.15, 0.2) is 12.3 Å². The Labute approximate surface area is 137 Å². The van der Waals surface area contributed by atoms with Crippen molar-refractivity contribution in [2.45, 2.75) is 25.6 Å². The maximum atomic E-state index is 12.0. The monoisotopic (exact) mass is 340 g/mol. The van der Waals surface area contributed by atoms with Crippen molar-refractivity contribution in [2.24, 2.45) is 15.2 Å². The number of halogens is 2. The number of hydrogen-bond donors (Lipinski definition) is 1. The Morgan fingerprint density at radius 2 is 2.32 bits per heavy atom. The minimum absolute atomic E-state index is 0.162. The van der Waals surface area contributed by atoms with Crippen LogP contribution < -0.4 is 10.1 Å². The van der Waals surface area contributed by atoms with Crippen LogP contribution >= 0.6 is 23.2 Å². The summed E-state index contributed by atoms with van der Waals surface area (Å²) in [5.41, 5.74) is 0. The van der Waals surface area contributed by atoms with E-state index >= 15 is 0 Å². The Kier molecular flexibility index (Phi) is 5.51. The van der Waals surface area contributed by atoms with E-state index in [-0.39, 0.29) is 12.1 Å². The Balaban J connectivity index is 1.94. The van der Waals surface area contributed by atoms with Crippen molar-refractivity contribution in [3.63, 3.8) is 0 Å². The third-order valence-corrected chi connectivity index (χ3v) is 3.27. The fourth-order valence-electron chi connectivity index (χ4n) is 1.65. The summed E-state index contributed by atoms with van der Waals surface area (Å²) in [5.74, 6) is 0.130. The fraction of sp³-hybridized carbons (Fsp3) is 0.286. The summed E-state index contributed by atoms with van der Waals surface area (Å²) in [6.07, 6.45) is 1.14. The van der Waals surface area contributed by atoms with Crippen LogP contribution in [-0.2, 0) is 4.79 Å². The maximum absolute atomic E-state index is 12.0. The molecule has 0 saturated carbocycles. The van der Waals surface area contributed by atoms with Crippen LogP contribution in [0.2, 0.25) is 10.0 Å². The summed E-state index contributed by atoms with van der Waals surface area (Å²) in [5, 5.41) is 11.0. The summed E-state index contributed by atoms with van der Waals surface area (Å²) in [7, 11) is 0. The third kappa shape index (κ3) is 4.29. The number of nitrogens with one attached hydrogen (secondary N) is 1. The molecule has 0 radical (unpaired) electrons. The lowest BCUT2D eigenvalue weighted by molar-refractivity contribution is -0.125. The number of guanidine groups is 1. The lowest BCUT2D eigenvalue weighted by Gasteiger charge is -2.14. The first-order chi connectivity index (χ1) is 10.5. The molecule has 0 aliphatic carbocycles. The van der Waals surface area contributed by atoms with Crippen LogP contribution in [0.1, 0.15) is 13.3 Å². The molecule has 2 atom stereocenters. The smallest absolute Gasteiger partial charge is 0.267 e. The average Bonchev–Trinajstić information content (AvgIpc) is 2.89. The first-order valence-electron chi connectivity index (χ1n) is 6.51. The van der Waals surface area contributed by atoms with E-state index in [0.717, 1.165) is 0 Å². The molecule has 1 aliphatic rings. The van der Waals surface area contributed by atoms with E-state index in [4.69, 9.17) is 27.9 Å². The molecular weight excluding hydrogens is 327 g/mol. The lowest BCUT2D eigenvalue weighted by atomic mass is 10.3. The van der Waals surface area contributed by atoms with Crippen LogP contribution in [0.15, 0.2) is 46.1 Å². The minimum Gasteiger partial charge on any atom is -0.479 e. The number of azo groups is 1. The van der Waals surface area contributed by atoms with Crippen molar-refractivity contribution in [1.82, 2.24) is 5.32 Å². The van der Waals surface area contributed by atoms with Gasteiger partial charge in [0.1, 0.15) is 5.75 Å². The summed E-state index contributed by atoms with van der Waals surface area (Å²) in [4.78, 5) is 16.2. The highest BCUT2D eigenvalue weighted by Gasteiger charge is 2.20. The minimum atomic E-state index is -0.782. The predicted octanol–water partition coefficient (Wildman–Crippen LogP) is 3.60. The number of aliphatic imine (C=N–C) groups is 1. The fourth-order valence-corrected chi connectivity index (χ4v) is 2.10. The molecule has 1 amide bonds. The first kappa shape index (κ1) is 16.5. The van der Waals surface area contributed by atoms with E-state index in [1.54, 1.807) is 25.1 Å². The highest BCUT2D eigenvalue weighted by molar-refractivity contribution is 6.35. The van der Waals surface area contributed by atoms with E-state index in [2.05, 4.69) is 27.1 Å². The first-order valence-corrected chi connectivity index (χ1v) is 7.27. The van der Waals surface area contributed by atoms with Crippen molar-refractivity contribution >= 4 is 35.1 Å². The van der Waals surface area contributed by atoms with Gasteiger partial charge in [0, 0.05) is 11.4 Å². The normalized spacial score (nSPS) is 17.8. The average molecular weight is 341 g/mol. The molecule has 1 aliphatic heterocycles. The molecule has 116 valence electrons. The van der Waals surface area contributed by atoms with Crippen LogP contribution in [0, 0.1) is 0 Å². The van der Waals surface area contributed by atoms with Crippen LogP contribution in [0.5, 0.6) is 5.75 Å². The van der Waals surface area contributed by atoms with E-state index in [0.29, 0.717) is 22.2 Å². The van der Waals surface area contributed by atoms with Gasteiger partial charge < -0.3 is 4.74 Å². The summed E-state index contributed by atoms with van der Waals surface area (Å²) in [6.45, 7) is 5.19. The molecule has 1 heterocycles. The zero-order valence-electron chi connectivity index (χ0n) is 11.8. The number of benzene rings is 1. The molecule has 1 N–H and O–H groups in total. The second-order valence-corrected chi connectivity index (χ2v) is 5.34. The van der Waals surface area contributed by atoms with Gasteiger partial charge in [-0.15, -0.1) is 11.7 Å². The highest BCUT2D eigenvalue weighted by Crippen LogP contribution is 2.28. The van der Waals surface area contributed by atoms with Gasteiger partial charge in [-0.1, -0.05) is 29.3 Å². The van der Waals surface area contributed by atoms with E-state index in [9.17, 15) is 4.79 Å².